The first-order chi connectivity index (χ1) is 8.25. The molecule has 2 atom stereocenters. The molecule has 3 rings (SSSR count). The first kappa shape index (κ1) is 11.7. The number of hydrogen-bond acceptors (Lipinski definition) is 3. The van der Waals surface area contributed by atoms with Crippen LogP contribution in [0.5, 0.6) is 0 Å². The van der Waals surface area contributed by atoms with Crippen LogP contribution in [-0.4, -0.2) is 10.4 Å². The molecule has 0 radical (unpaired) electrons. The molecule has 1 saturated carbocycles. The second-order valence-corrected chi connectivity index (χ2v) is 7.58. The zero-order valence-corrected chi connectivity index (χ0v) is 11.5. The van der Waals surface area contributed by atoms with Crippen LogP contribution in [0.1, 0.15) is 26.2 Å². The number of carbonyl (C=O) groups excluding carboxylic acids is 1. The van der Waals surface area contributed by atoms with Crippen molar-refractivity contribution >= 4 is 29.3 Å². The van der Waals surface area contributed by atoms with E-state index in [4.69, 9.17) is 0 Å². The van der Waals surface area contributed by atoms with E-state index in [9.17, 15) is 4.79 Å². The molecule has 0 saturated heterocycles. The van der Waals surface area contributed by atoms with E-state index >= 15 is 0 Å². The van der Waals surface area contributed by atoms with E-state index in [1.54, 1.807) is 0 Å². The lowest BCUT2D eigenvalue weighted by atomic mass is 9.80. The van der Waals surface area contributed by atoms with Crippen LogP contribution in [0, 0.1) is 11.8 Å². The number of carbonyl (C=O) groups is 1. The maximum absolute atomic E-state index is 12.1. The smallest absolute Gasteiger partial charge is 0.138 e. The fraction of sp³-hybridized carbons (Fsp3) is 0.500. The van der Waals surface area contributed by atoms with Crippen molar-refractivity contribution in [2.24, 2.45) is 11.8 Å². The standard InChI is InChI=1S/C14H16OS2/c1-9-5-4-6-10(15)13(9)14-16-11-7-2-3-8-12(11)17-14/h2-3,7-9,13-14H,4-6H2,1H3/t9-,13+/m1/s1. The third-order valence-electron chi connectivity index (χ3n) is 3.70. The second kappa shape index (κ2) is 4.69. The Morgan fingerprint density at radius 1 is 1.18 bits per heavy atom. The average Bonchev–Trinajstić information content (AvgIpc) is 2.71. The molecule has 1 aliphatic heterocycles. The molecule has 1 aromatic carbocycles. The van der Waals surface area contributed by atoms with E-state index in [1.165, 1.54) is 16.2 Å². The largest absolute Gasteiger partial charge is 0.299 e. The quantitative estimate of drug-likeness (QED) is 0.756. The highest BCUT2D eigenvalue weighted by Crippen LogP contribution is 2.53. The Balaban J connectivity index is 1.81. The van der Waals surface area contributed by atoms with Gasteiger partial charge in [0.2, 0.25) is 0 Å². The van der Waals surface area contributed by atoms with Gasteiger partial charge in [0, 0.05) is 22.1 Å². The topological polar surface area (TPSA) is 17.1 Å². The highest BCUT2D eigenvalue weighted by molar-refractivity contribution is 8.19. The van der Waals surface area contributed by atoms with Crippen LogP contribution >= 0.6 is 23.5 Å². The normalized spacial score (nSPS) is 29.4. The van der Waals surface area contributed by atoms with Gasteiger partial charge in [-0.05, 0) is 30.9 Å². The highest BCUT2D eigenvalue weighted by atomic mass is 32.2. The summed E-state index contributed by atoms with van der Waals surface area (Å²) in [5.74, 6) is 1.29. The number of thioether (sulfide) groups is 2. The van der Waals surface area contributed by atoms with E-state index in [0.717, 1.165) is 12.8 Å². The summed E-state index contributed by atoms with van der Waals surface area (Å²) in [6, 6.07) is 8.51. The summed E-state index contributed by atoms with van der Waals surface area (Å²) in [6.45, 7) is 2.24. The molecule has 0 spiro atoms. The molecule has 0 bridgehead atoms. The minimum Gasteiger partial charge on any atom is -0.299 e. The van der Waals surface area contributed by atoms with Crippen molar-refractivity contribution in [2.45, 2.75) is 40.6 Å². The summed E-state index contributed by atoms with van der Waals surface area (Å²) < 4.78 is 0.412. The van der Waals surface area contributed by atoms with Gasteiger partial charge in [0.1, 0.15) is 5.78 Å². The third-order valence-corrected chi connectivity index (χ3v) is 6.67. The van der Waals surface area contributed by atoms with Gasteiger partial charge in [-0.3, -0.25) is 4.79 Å². The molecule has 1 aromatic rings. The SMILES string of the molecule is C[C@@H]1CCCC(=O)[C@H]1C1Sc2ccccc2S1. The van der Waals surface area contributed by atoms with Crippen molar-refractivity contribution in [1.29, 1.82) is 0 Å². The molecule has 0 unspecified atom stereocenters. The van der Waals surface area contributed by atoms with Gasteiger partial charge in [0.15, 0.2) is 0 Å². The summed E-state index contributed by atoms with van der Waals surface area (Å²) in [6.07, 6.45) is 3.10. The molecule has 17 heavy (non-hydrogen) atoms. The third kappa shape index (κ3) is 2.15. The Bertz CT molecular complexity index is 419. The second-order valence-electron chi connectivity index (χ2n) is 4.91. The van der Waals surface area contributed by atoms with E-state index < -0.39 is 0 Å². The fourth-order valence-corrected chi connectivity index (χ4v) is 6.17. The van der Waals surface area contributed by atoms with Crippen molar-refractivity contribution in [3.63, 3.8) is 0 Å². The van der Waals surface area contributed by atoms with Gasteiger partial charge in [-0.1, -0.05) is 19.1 Å². The number of fused-ring (bicyclic) bond motifs is 1. The van der Waals surface area contributed by atoms with Gasteiger partial charge >= 0.3 is 0 Å². The van der Waals surface area contributed by atoms with E-state index in [0.29, 0.717) is 16.3 Å². The molecule has 0 aromatic heterocycles. The summed E-state index contributed by atoms with van der Waals surface area (Å²) in [5.41, 5.74) is 0. The van der Waals surface area contributed by atoms with E-state index in [1.807, 2.05) is 23.5 Å². The van der Waals surface area contributed by atoms with Gasteiger partial charge in [-0.25, -0.2) is 0 Å². The van der Waals surface area contributed by atoms with Gasteiger partial charge in [-0.15, -0.1) is 23.5 Å². The lowest BCUT2D eigenvalue weighted by molar-refractivity contribution is -0.125. The van der Waals surface area contributed by atoms with Crippen molar-refractivity contribution in [2.75, 3.05) is 0 Å². The molecule has 1 nitrogen and oxygen atoms in total. The molecule has 90 valence electrons. The molecule has 3 heteroatoms. The minimum atomic E-state index is 0.256. The van der Waals surface area contributed by atoms with Crippen LogP contribution in [0.4, 0.5) is 0 Å². The number of rotatable bonds is 1. The number of ketones is 1. The van der Waals surface area contributed by atoms with Crippen molar-refractivity contribution in [1.82, 2.24) is 0 Å². The molecule has 1 fully saturated rings. The van der Waals surface area contributed by atoms with Crippen LogP contribution in [0.3, 0.4) is 0 Å². The Labute approximate surface area is 111 Å². The van der Waals surface area contributed by atoms with E-state index in [-0.39, 0.29) is 5.92 Å². The maximum atomic E-state index is 12.1. The van der Waals surface area contributed by atoms with Gasteiger partial charge in [-0.2, -0.15) is 0 Å². The van der Waals surface area contributed by atoms with Crippen LogP contribution in [0.25, 0.3) is 0 Å². The first-order valence-corrected chi connectivity index (χ1v) is 7.96. The molecule has 2 aliphatic rings. The summed E-state index contributed by atoms with van der Waals surface area (Å²) in [5, 5.41) is 0. The van der Waals surface area contributed by atoms with Crippen molar-refractivity contribution < 1.29 is 4.79 Å². The Hall–Kier alpha value is -0.410. The monoisotopic (exact) mass is 264 g/mol. The van der Waals surface area contributed by atoms with Crippen LogP contribution in [0.2, 0.25) is 0 Å². The Morgan fingerprint density at radius 2 is 1.82 bits per heavy atom. The Kier molecular flexibility index (Phi) is 3.22. The summed E-state index contributed by atoms with van der Waals surface area (Å²) in [7, 11) is 0. The van der Waals surface area contributed by atoms with Crippen molar-refractivity contribution in [3.8, 4) is 0 Å². The molecule has 0 N–H and O–H groups in total. The zero-order chi connectivity index (χ0) is 11.8. The number of benzene rings is 1. The van der Waals surface area contributed by atoms with Gasteiger partial charge < -0.3 is 0 Å². The van der Waals surface area contributed by atoms with Gasteiger partial charge in [0.25, 0.3) is 0 Å². The Morgan fingerprint density at radius 3 is 2.41 bits per heavy atom. The predicted octanol–water partition coefficient (Wildman–Crippen LogP) is 4.22. The highest BCUT2D eigenvalue weighted by Gasteiger charge is 2.39. The first-order valence-electron chi connectivity index (χ1n) is 6.21. The lowest BCUT2D eigenvalue weighted by Gasteiger charge is -2.30. The predicted molar refractivity (Wildman–Crippen MR) is 73.5 cm³/mol. The van der Waals surface area contributed by atoms with Gasteiger partial charge in [0.05, 0.1) is 4.58 Å². The van der Waals surface area contributed by atoms with Crippen molar-refractivity contribution in [3.05, 3.63) is 24.3 Å². The average molecular weight is 264 g/mol. The maximum Gasteiger partial charge on any atom is 0.138 e. The minimum absolute atomic E-state index is 0.256. The number of hydrogen-bond donors (Lipinski definition) is 0. The molecule has 1 aliphatic carbocycles. The lowest BCUT2D eigenvalue weighted by Crippen LogP contribution is -2.32. The van der Waals surface area contributed by atoms with Crippen LogP contribution < -0.4 is 0 Å². The fourth-order valence-electron chi connectivity index (χ4n) is 2.75. The number of Topliss-reactive ketones (excluding diaryl/α,β-unsaturated/α-hetero) is 1. The van der Waals surface area contributed by atoms with Crippen LogP contribution in [-0.2, 0) is 4.79 Å². The molecule has 1 heterocycles. The summed E-state index contributed by atoms with van der Waals surface area (Å²) in [4.78, 5) is 14.8. The molecular weight excluding hydrogens is 248 g/mol. The zero-order valence-electron chi connectivity index (χ0n) is 9.89. The van der Waals surface area contributed by atoms with E-state index in [2.05, 4.69) is 31.2 Å². The molecular formula is C14H16OS2. The summed E-state index contributed by atoms with van der Waals surface area (Å²) >= 11 is 3.78. The van der Waals surface area contributed by atoms with Crippen LogP contribution in [0.15, 0.2) is 34.1 Å². The molecule has 0 amide bonds.